The van der Waals surface area contributed by atoms with Gasteiger partial charge in [0, 0.05) is 17.9 Å². The molecule has 3 fully saturated rings. The summed E-state index contributed by atoms with van der Waals surface area (Å²) in [5.74, 6) is 2.19. The summed E-state index contributed by atoms with van der Waals surface area (Å²) in [6, 6.07) is 10.1. The molecule has 3 aliphatic rings. The number of hydrogen-bond donors (Lipinski definition) is 2. The fraction of sp³-hybridized carbons (Fsp3) is 0.684. The smallest absolute Gasteiger partial charge is 0.127 e. The molecule has 3 atom stereocenters. The Morgan fingerprint density at radius 2 is 1.90 bits per heavy atom. The van der Waals surface area contributed by atoms with Crippen LogP contribution in [0.5, 0.6) is 0 Å². The number of benzene rings is 1. The Labute approximate surface area is 129 Å². The van der Waals surface area contributed by atoms with Crippen molar-refractivity contribution in [1.29, 1.82) is 0 Å². The molecule has 21 heavy (non-hydrogen) atoms. The lowest BCUT2D eigenvalue weighted by Crippen LogP contribution is -3.29. The van der Waals surface area contributed by atoms with Gasteiger partial charge in [-0.15, -0.1) is 0 Å². The molecular weight excluding hydrogens is 256 g/mol. The van der Waals surface area contributed by atoms with Gasteiger partial charge >= 0.3 is 0 Å². The van der Waals surface area contributed by atoms with Crippen LogP contribution in [0.1, 0.15) is 36.8 Å². The van der Waals surface area contributed by atoms with Crippen molar-refractivity contribution in [3.63, 3.8) is 0 Å². The van der Waals surface area contributed by atoms with E-state index in [0.29, 0.717) is 0 Å². The van der Waals surface area contributed by atoms with Gasteiger partial charge in [-0.05, 0) is 32.1 Å². The summed E-state index contributed by atoms with van der Waals surface area (Å²) in [6.45, 7) is 9.00. The average Bonchev–Trinajstić information content (AvgIpc) is 3.11. The van der Waals surface area contributed by atoms with Crippen molar-refractivity contribution in [3.8, 4) is 0 Å². The molecule has 2 heteroatoms. The van der Waals surface area contributed by atoms with E-state index in [-0.39, 0.29) is 0 Å². The fourth-order valence-corrected chi connectivity index (χ4v) is 5.33. The quantitative estimate of drug-likeness (QED) is 0.799. The summed E-state index contributed by atoms with van der Waals surface area (Å²) in [4.78, 5) is 3.75. The van der Waals surface area contributed by atoms with Crippen LogP contribution in [0.4, 0.5) is 0 Å². The highest BCUT2D eigenvalue weighted by molar-refractivity contribution is 5.21. The molecule has 1 saturated heterocycles. The molecule has 2 nitrogen and oxygen atoms in total. The normalized spacial score (nSPS) is 38.8. The van der Waals surface area contributed by atoms with E-state index < -0.39 is 0 Å². The Kier molecular flexibility index (Phi) is 3.76. The first-order valence-electron chi connectivity index (χ1n) is 9.01. The van der Waals surface area contributed by atoms with E-state index in [1.807, 2.05) is 4.90 Å². The minimum absolute atomic E-state index is 1.03. The van der Waals surface area contributed by atoms with Crippen LogP contribution < -0.4 is 9.80 Å². The van der Waals surface area contributed by atoms with Crippen LogP contribution in [0.25, 0.3) is 0 Å². The fourth-order valence-electron chi connectivity index (χ4n) is 5.33. The lowest BCUT2D eigenvalue weighted by molar-refractivity contribution is -1.03. The molecule has 0 unspecified atom stereocenters. The van der Waals surface area contributed by atoms with Gasteiger partial charge in [-0.2, -0.15) is 0 Å². The van der Waals surface area contributed by atoms with Gasteiger partial charge in [-0.1, -0.05) is 29.8 Å². The summed E-state index contributed by atoms with van der Waals surface area (Å²) in [5.41, 5.74) is 2.92. The van der Waals surface area contributed by atoms with E-state index in [1.165, 1.54) is 43.9 Å². The Balaban J connectivity index is 1.31. The molecule has 2 bridgehead atoms. The Hall–Kier alpha value is -0.860. The van der Waals surface area contributed by atoms with Gasteiger partial charge in [0.15, 0.2) is 0 Å². The summed E-state index contributed by atoms with van der Waals surface area (Å²) < 4.78 is 0. The van der Waals surface area contributed by atoms with Crippen LogP contribution in [0.2, 0.25) is 0 Å². The molecule has 1 aromatic carbocycles. The zero-order valence-corrected chi connectivity index (χ0v) is 13.4. The number of nitrogens with one attached hydrogen (secondary N) is 2. The van der Waals surface area contributed by atoms with E-state index in [0.717, 1.165) is 17.9 Å². The zero-order valence-electron chi connectivity index (χ0n) is 13.4. The molecule has 1 heterocycles. The van der Waals surface area contributed by atoms with Crippen molar-refractivity contribution < 1.29 is 9.80 Å². The van der Waals surface area contributed by atoms with E-state index in [1.54, 1.807) is 30.6 Å². The van der Waals surface area contributed by atoms with E-state index in [9.17, 15) is 0 Å². The lowest BCUT2D eigenvalue weighted by Gasteiger charge is -2.36. The first-order valence-corrected chi connectivity index (χ1v) is 9.01. The van der Waals surface area contributed by atoms with Crippen LogP contribution in [-0.4, -0.2) is 32.2 Å². The first kappa shape index (κ1) is 13.8. The first-order chi connectivity index (χ1) is 10.3. The maximum atomic E-state index is 2.36. The number of aryl methyl sites for hydroxylation is 1. The molecule has 114 valence electrons. The highest BCUT2D eigenvalue weighted by Gasteiger charge is 2.45. The molecule has 2 aliphatic carbocycles. The Bertz CT molecular complexity index is 490. The van der Waals surface area contributed by atoms with Gasteiger partial charge in [-0.3, -0.25) is 0 Å². The highest BCUT2D eigenvalue weighted by Crippen LogP contribution is 2.43. The standard InChI is InChI=1S/C19H28N2/c1-15-3-2-4-17(11-15)14-20-7-9-21(10-8-20)19-13-16-5-6-18(19)12-16/h2-4,11,16,18-19H,5-10,12-14H2,1H3/p+2/t16-,18+,19-/m0/s1. The number of fused-ring (bicyclic) bond motifs is 2. The van der Waals surface area contributed by atoms with Gasteiger partial charge in [0.25, 0.3) is 0 Å². The molecule has 0 radical (unpaired) electrons. The van der Waals surface area contributed by atoms with Crippen molar-refractivity contribution in [2.24, 2.45) is 11.8 Å². The van der Waals surface area contributed by atoms with Crippen LogP contribution in [0, 0.1) is 18.8 Å². The third kappa shape index (κ3) is 2.89. The van der Waals surface area contributed by atoms with E-state index >= 15 is 0 Å². The van der Waals surface area contributed by atoms with Crippen LogP contribution in [-0.2, 0) is 6.54 Å². The van der Waals surface area contributed by atoms with Crippen LogP contribution in [0.3, 0.4) is 0 Å². The van der Waals surface area contributed by atoms with Crippen molar-refractivity contribution in [3.05, 3.63) is 35.4 Å². The molecule has 1 aliphatic heterocycles. The average molecular weight is 286 g/mol. The predicted molar refractivity (Wildman–Crippen MR) is 85.5 cm³/mol. The lowest BCUT2D eigenvalue weighted by atomic mass is 9.93. The second-order valence-electron chi connectivity index (χ2n) is 7.86. The molecule has 4 rings (SSSR count). The zero-order chi connectivity index (χ0) is 14.2. The molecule has 2 N–H and O–H groups in total. The van der Waals surface area contributed by atoms with Gasteiger partial charge in [0.05, 0.1) is 6.04 Å². The monoisotopic (exact) mass is 286 g/mol. The number of hydrogen-bond acceptors (Lipinski definition) is 0. The predicted octanol–water partition coefficient (Wildman–Crippen LogP) is 0.467. The van der Waals surface area contributed by atoms with Gasteiger partial charge in [0.2, 0.25) is 0 Å². The molecule has 2 saturated carbocycles. The molecule has 0 aromatic heterocycles. The molecule has 0 spiro atoms. The molecule has 0 amide bonds. The Morgan fingerprint density at radius 3 is 2.57 bits per heavy atom. The summed E-state index contributed by atoms with van der Waals surface area (Å²) in [7, 11) is 0. The minimum atomic E-state index is 1.03. The molecular formula is C19H30N2+2. The maximum Gasteiger partial charge on any atom is 0.127 e. The summed E-state index contributed by atoms with van der Waals surface area (Å²) in [6.07, 6.45) is 6.19. The SMILES string of the molecule is Cc1cccc(C[NH+]2CC[NH+]([C@H]3C[C@H]4CC[C@@H]3C4)CC2)c1. The third-order valence-electron chi connectivity index (χ3n) is 6.40. The minimum Gasteiger partial charge on any atom is -0.323 e. The topological polar surface area (TPSA) is 8.88 Å². The summed E-state index contributed by atoms with van der Waals surface area (Å²) >= 11 is 0. The number of piperazine rings is 1. The second kappa shape index (κ2) is 5.73. The summed E-state index contributed by atoms with van der Waals surface area (Å²) in [5, 5.41) is 0. The van der Waals surface area contributed by atoms with Crippen molar-refractivity contribution in [2.75, 3.05) is 26.2 Å². The largest absolute Gasteiger partial charge is 0.323 e. The van der Waals surface area contributed by atoms with Gasteiger partial charge < -0.3 is 9.80 Å². The van der Waals surface area contributed by atoms with Crippen LogP contribution in [0.15, 0.2) is 24.3 Å². The van der Waals surface area contributed by atoms with E-state index in [4.69, 9.17) is 0 Å². The van der Waals surface area contributed by atoms with Gasteiger partial charge in [-0.25, -0.2) is 0 Å². The molecule has 1 aromatic rings. The van der Waals surface area contributed by atoms with Crippen molar-refractivity contribution in [1.82, 2.24) is 0 Å². The number of quaternary nitrogens is 2. The van der Waals surface area contributed by atoms with Crippen molar-refractivity contribution >= 4 is 0 Å². The Morgan fingerprint density at radius 1 is 1.05 bits per heavy atom. The number of rotatable bonds is 3. The van der Waals surface area contributed by atoms with E-state index in [2.05, 4.69) is 31.2 Å². The van der Waals surface area contributed by atoms with Crippen LogP contribution >= 0.6 is 0 Å². The maximum absolute atomic E-state index is 2.36. The highest BCUT2D eigenvalue weighted by atomic mass is 15.3. The van der Waals surface area contributed by atoms with Gasteiger partial charge in [0.1, 0.15) is 32.7 Å². The second-order valence-corrected chi connectivity index (χ2v) is 7.86. The van der Waals surface area contributed by atoms with Crippen molar-refractivity contribution in [2.45, 2.75) is 45.2 Å². The third-order valence-corrected chi connectivity index (χ3v) is 6.40.